The molecule has 0 radical (unpaired) electrons. The molecule has 1 N–H and O–H groups in total. The van der Waals surface area contributed by atoms with Gasteiger partial charge in [-0.05, 0) is 30.7 Å². The lowest BCUT2D eigenvalue weighted by atomic mass is 10.0. The monoisotopic (exact) mass is 316 g/mol. The van der Waals surface area contributed by atoms with Crippen molar-refractivity contribution in [1.29, 1.82) is 0 Å². The summed E-state index contributed by atoms with van der Waals surface area (Å²) in [5, 5.41) is 9.20. The molecule has 1 amide bonds. The minimum atomic E-state index is -4.43. The Labute approximate surface area is 124 Å². The minimum Gasteiger partial charge on any atom is -0.475 e. The summed E-state index contributed by atoms with van der Waals surface area (Å²) in [6.45, 7) is 0.613. The second-order valence-electron chi connectivity index (χ2n) is 5.77. The summed E-state index contributed by atoms with van der Waals surface area (Å²) in [7, 11) is 0. The van der Waals surface area contributed by atoms with Crippen LogP contribution in [0.5, 0.6) is 5.88 Å². The van der Waals surface area contributed by atoms with Gasteiger partial charge in [0.2, 0.25) is 5.88 Å². The van der Waals surface area contributed by atoms with E-state index in [1.165, 1.54) is 4.90 Å². The zero-order valence-electron chi connectivity index (χ0n) is 11.6. The lowest BCUT2D eigenvalue weighted by molar-refractivity contribution is -0.137. The van der Waals surface area contributed by atoms with E-state index in [0.717, 1.165) is 25.0 Å². The van der Waals surface area contributed by atoms with Gasteiger partial charge < -0.3 is 14.7 Å². The van der Waals surface area contributed by atoms with E-state index < -0.39 is 17.8 Å². The van der Waals surface area contributed by atoms with E-state index in [2.05, 4.69) is 4.98 Å². The minimum absolute atomic E-state index is 0.0660. The van der Waals surface area contributed by atoms with Crippen LogP contribution in [0.3, 0.4) is 0 Å². The molecule has 0 bridgehead atoms. The van der Waals surface area contributed by atoms with E-state index in [9.17, 15) is 23.1 Å². The summed E-state index contributed by atoms with van der Waals surface area (Å²) >= 11 is 0. The molecule has 3 rings (SSSR count). The fourth-order valence-electron chi connectivity index (χ4n) is 2.91. The molecule has 120 valence electrons. The smallest absolute Gasteiger partial charge is 0.417 e. The first-order chi connectivity index (χ1) is 10.3. The van der Waals surface area contributed by atoms with Crippen LogP contribution in [0.1, 0.15) is 18.4 Å². The number of fused-ring (bicyclic) bond motifs is 1. The van der Waals surface area contributed by atoms with E-state index in [-0.39, 0.29) is 18.5 Å². The molecule has 0 unspecified atom stereocenters. The normalized spacial score (nSPS) is 27.2. The Morgan fingerprint density at radius 3 is 2.73 bits per heavy atom. The van der Waals surface area contributed by atoms with E-state index in [4.69, 9.17) is 4.74 Å². The Balaban J connectivity index is 1.60. The largest absolute Gasteiger partial charge is 0.475 e. The zero-order valence-corrected chi connectivity index (χ0v) is 11.6. The van der Waals surface area contributed by atoms with Crippen LogP contribution in [0.15, 0.2) is 18.3 Å². The number of amides is 1. The quantitative estimate of drug-likeness (QED) is 0.931. The maximum absolute atomic E-state index is 12.4. The molecule has 0 aromatic carbocycles. The molecule has 2 fully saturated rings. The van der Waals surface area contributed by atoms with Gasteiger partial charge in [0.1, 0.15) is 6.61 Å². The van der Waals surface area contributed by atoms with Crippen molar-refractivity contribution in [3.63, 3.8) is 0 Å². The van der Waals surface area contributed by atoms with Crippen molar-refractivity contribution in [2.45, 2.75) is 25.1 Å². The number of hydrogen-bond donors (Lipinski definition) is 1. The molecular weight excluding hydrogens is 301 g/mol. The maximum Gasteiger partial charge on any atom is 0.417 e. The van der Waals surface area contributed by atoms with E-state index in [0.29, 0.717) is 24.6 Å². The summed E-state index contributed by atoms with van der Waals surface area (Å²) in [5.74, 6) is 1.07. The molecule has 1 aromatic rings. The Kier molecular flexibility index (Phi) is 3.62. The first-order valence-corrected chi connectivity index (χ1v) is 7.00. The second-order valence-corrected chi connectivity index (χ2v) is 5.77. The van der Waals surface area contributed by atoms with E-state index in [1.54, 1.807) is 0 Å². The third-order valence-corrected chi connectivity index (χ3v) is 4.25. The molecular formula is C14H15F3N2O3. The first kappa shape index (κ1) is 14.9. The van der Waals surface area contributed by atoms with Crippen molar-refractivity contribution in [2.24, 2.45) is 11.8 Å². The topological polar surface area (TPSA) is 62.7 Å². The van der Waals surface area contributed by atoms with Gasteiger partial charge >= 0.3 is 12.3 Å². The van der Waals surface area contributed by atoms with Gasteiger partial charge in [-0.25, -0.2) is 9.78 Å². The van der Waals surface area contributed by atoms with Crippen molar-refractivity contribution < 1.29 is 27.8 Å². The molecule has 5 nitrogen and oxygen atoms in total. The molecule has 0 spiro atoms. The standard InChI is InChI=1S/C14H15F3N2O3/c15-14(16,17)10-1-2-12(18-5-10)22-7-11-4-8-3-9(8)6-19(11)13(20)21/h1-2,5,8-9,11H,3-4,6-7H2,(H,20,21)/t8-,9+,11+/m1/s1. The van der Waals surface area contributed by atoms with Gasteiger partial charge in [-0.3, -0.25) is 0 Å². The number of piperidine rings is 1. The third-order valence-electron chi connectivity index (χ3n) is 4.25. The van der Waals surface area contributed by atoms with Gasteiger partial charge in [0.05, 0.1) is 11.6 Å². The lowest BCUT2D eigenvalue weighted by Crippen LogP contribution is -2.47. The fraction of sp³-hybridized carbons (Fsp3) is 0.571. The number of alkyl halides is 3. The van der Waals surface area contributed by atoms with Crippen LogP contribution in [-0.2, 0) is 6.18 Å². The van der Waals surface area contributed by atoms with Gasteiger partial charge in [0, 0.05) is 18.8 Å². The highest BCUT2D eigenvalue weighted by molar-refractivity contribution is 5.65. The van der Waals surface area contributed by atoms with Gasteiger partial charge in [0.15, 0.2) is 0 Å². The zero-order chi connectivity index (χ0) is 15.9. The summed E-state index contributed by atoms with van der Waals surface area (Å²) in [4.78, 5) is 16.2. The molecule has 1 aliphatic carbocycles. The van der Waals surface area contributed by atoms with Crippen molar-refractivity contribution in [1.82, 2.24) is 9.88 Å². The van der Waals surface area contributed by atoms with Crippen LogP contribution in [0.4, 0.5) is 18.0 Å². The number of rotatable bonds is 3. The third kappa shape index (κ3) is 3.10. The molecule has 1 saturated carbocycles. The summed E-state index contributed by atoms with van der Waals surface area (Å²) < 4.78 is 42.7. The second kappa shape index (κ2) is 5.33. The maximum atomic E-state index is 12.4. The van der Waals surface area contributed by atoms with Crippen LogP contribution < -0.4 is 4.74 Å². The van der Waals surface area contributed by atoms with Crippen LogP contribution >= 0.6 is 0 Å². The van der Waals surface area contributed by atoms with Gasteiger partial charge in [-0.1, -0.05) is 0 Å². The van der Waals surface area contributed by atoms with Crippen molar-refractivity contribution in [3.8, 4) is 5.88 Å². The Hall–Kier alpha value is -1.99. The molecule has 8 heteroatoms. The lowest BCUT2D eigenvalue weighted by Gasteiger charge is -2.32. The predicted molar refractivity (Wildman–Crippen MR) is 69.5 cm³/mol. The molecule has 2 aliphatic rings. The molecule has 1 aromatic heterocycles. The highest BCUT2D eigenvalue weighted by Gasteiger charge is 2.47. The number of halogens is 3. The Morgan fingerprint density at radius 2 is 2.14 bits per heavy atom. The average molecular weight is 316 g/mol. The molecule has 22 heavy (non-hydrogen) atoms. The predicted octanol–water partition coefficient (Wildman–Crippen LogP) is 2.87. The van der Waals surface area contributed by atoms with Gasteiger partial charge in [-0.2, -0.15) is 13.2 Å². The number of pyridine rings is 1. The van der Waals surface area contributed by atoms with E-state index >= 15 is 0 Å². The highest BCUT2D eigenvalue weighted by atomic mass is 19.4. The number of aromatic nitrogens is 1. The average Bonchev–Trinajstić information content (AvgIpc) is 3.21. The van der Waals surface area contributed by atoms with Crippen molar-refractivity contribution >= 4 is 6.09 Å². The van der Waals surface area contributed by atoms with Crippen LogP contribution in [0.2, 0.25) is 0 Å². The number of ether oxygens (including phenoxy) is 1. The van der Waals surface area contributed by atoms with E-state index in [1.807, 2.05) is 0 Å². The number of hydrogen-bond acceptors (Lipinski definition) is 3. The fourth-order valence-corrected chi connectivity index (χ4v) is 2.91. The highest BCUT2D eigenvalue weighted by Crippen LogP contribution is 2.47. The number of carboxylic acid groups (broad SMARTS) is 1. The summed E-state index contributed by atoms with van der Waals surface area (Å²) in [5.41, 5.74) is -0.842. The Bertz CT molecular complexity index is 561. The Morgan fingerprint density at radius 1 is 1.36 bits per heavy atom. The SMILES string of the molecule is O=C(O)N1C[C@@H]2C[C@@H]2C[C@H]1COc1ccc(C(F)(F)F)cn1. The van der Waals surface area contributed by atoms with Crippen molar-refractivity contribution in [2.75, 3.05) is 13.2 Å². The number of likely N-dealkylation sites (tertiary alicyclic amines) is 1. The summed E-state index contributed by atoms with van der Waals surface area (Å²) in [6, 6.07) is 1.77. The van der Waals surface area contributed by atoms with Crippen LogP contribution in [0, 0.1) is 11.8 Å². The van der Waals surface area contributed by atoms with Gasteiger partial charge in [0.25, 0.3) is 0 Å². The first-order valence-electron chi connectivity index (χ1n) is 7.00. The molecule has 3 atom stereocenters. The number of carbonyl (C=O) groups is 1. The van der Waals surface area contributed by atoms with Crippen LogP contribution in [0.25, 0.3) is 0 Å². The van der Waals surface area contributed by atoms with Crippen molar-refractivity contribution in [3.05, 3.63) is 23.9 Å². The van der Waals surface area contributed by atoms with Crippen LogP contribution in [-0.4, -0.2) is 40.3 Å². The number of nitrogens with zero attached hydrogens (tertiary/aromatic N) is 2. The molecule has 1 saturated heterocycles. The molecule has 1 aliphatic heterocycles. The van der Waals surface area contributed by atoms with Gasteiger partial charge in [-0.15, -0.1) is 0 Å². The molecule has 2 heterocycles. The summed E-state index contributed by atoms with van der Waals surface area (Å²) in [6.07, 6.45) is -2.94.